The Hall–Kier alpha value is -4.59. The number of nitrogens with two attached hydrogens (primary N) is 3. The summed E-state index contributed by atoms with van der Waals surface area (Å²) < 4.78 is 57.6. The smallest absolute Gasteiger partial charge is 0.214 e. The van der Waals surface area contributed by atoms with E-state index in [1.54, 1.807) is 25.1 Å². The SMILES string of the molecule is Cc1nnc(-c2ccc(Cl)cc2F)n1N.Nn1c(-c2cc(Br)ccc2F)n[nH]c1=S.Nn1c(-c2cc(F)ccc2F)n[nH]c1=S. The van der Waals surface area contributed by atoms with Gasteiger partial charge in [0, 0.05) is 9.50 Å². The van der Waals surface area contributed by atoms with Crippen molar-refractivity contribution >= 4 is 52.0 Å². The molecule has 20 heteroatoms. The zero-order valence-corrected chi connectivity index (χ0v) is 26.6. The molecular weight excluding hydrogens is 724 g/mol. The van der Waals surface area contributed by atoms with Crippen molar-refractivity contribution in [1.29, 1.82) is 0 Å². The van der Waals surface area contributed by atoms with Gasteiger partial charge in [0.05, 0.1) is 16.7 Å². The molecule has 45 heavy (non-hydrogen) atoms. The van der Waals surface area contributed by atoms with Crippen molar-refractivity contribution in [1.82, 2.24) is 44.6 Å². The molecule has 0 atom stereocenters. The van der Waals surface area contributed by atoms with E-state index in [1.165, 1.54) is 22.9 Å². The Kier molecular flexibility index (Phi) is 10.4. The minimum Gasteiger partial charge on any atom is -0.336 e. The highest BCUT2D eigenvalue weighted by Gasteiger charge is 2.14. The fraction of sp³-hybridized carbons (Fsp3) is 0.0400. The van der Waals surface area contributed by atoms with Gasteiger partial charge in [-0.25, -0.2) is 41.8 Å². The largest absolute Gasteiger partial charge is 0.336 e. The number of nitrogen functional groups attached to an aromatic ring is 3. The summed E-state index contributed by atoms with van der Waals surface area (Å²) in [6, 6.07) is 11.8. The number of aromatic nitrogens is 9. The molecule has 3 heterocycles. The quantitative estimate of drug-likeness (QED) is 0.0880. The van der Waals surface area contributed by atoms with Gasteiger partial charge in [-0.1, -0.05) is 27.5 Å². The molecule has 0 bridgehead atoms. The molecule has 234 valence electrons. The molecule has 0 aliphatic heterocycles. The third kappa shape index (κ3) is 7.56. The molecule has 0 saturated carbocycles. The van der Waals surface area contributed by atoms with Crippen molar-refractivity contribution < 1.29 is 17.6 Å². The van der Waals surface area contributed by atoms with Gasteiger partial charge in [-0.2, -0.15) is 10.2 Å². The number of hydrogen-bond donors (Lipinski definition) is 5. The number of rotatable bonds is 3. The van der Waals surface area contributed by atoms with E-state index in [9.17, 15) is 17.6 Å². The van der Waals surface area contributed by atoms with E-state index in [2.05, 4.69) is 46.5 Å². The van der Waals surface area contributed by atoms with Crippen molar-refractivity contribution in [2.24, 2.45) is 0 Å². The van der Waals surface area contributed by atoms with Gasteiger partial charge >= 0.3 is 0 Å². The molecule has 0 unspecified atom stereocenters. The number of halogens is 6. The predicted molar refractivity (Wildman–Crippen MR) is 169 cm³/mol. The van der Waals surface area contributed by atoms with Crippen LogP contribution in [0.4, 0.5) is 17.6 Å². The lowest BCUT2D eigenvalue weighted by atomic mass is 10.2. The number of hydrogen-bond acceptors (Lipinski definition) is 9. The number of H-pyrrole nitrogens is 2. The molecule has 0 spiro atoms. The minimum absolute atomic E-state index is 0.0372. The first kappa shape index (κ1) is 33.3. The van der Waals surface area contributed by atoms with Crippen LogP contribution in [0, 0.1) is 39.7 Å². The van der Waals surface area contributed by atoms with E-state index >= 15 is 0 Å². The van der Waals surface area contributed by atoms with E-state index in [-0.39, 0.29) is 38.1 Å². The highest BCUT2D eigenvalue weighted by atomic mass is 79.9. The molecule has 0 aliphatic rings. The maximum atomic E-state index is 13.5. The molecular formula is C25H20BrClF4N12S2. The number of aryl methyl sites for hydroxylation is 1. The Morgan fingerprint density at radius 3 is 1.73 bits per heavy atom. The number of nitrogens with one attached hydrogen (secondary N) is 2. The van der Waals surface area contributed by atoms with Gasteiger partial charge in [-0.05, 0) is 86.0 Å². The van der Waals surface area contributed by atoms with Gasteiger partial charge in [-0.15, -0.1) is 10.2 Å². The van der Waals surface area contributed by atoms with Gasteiger partial charge in [0.25, 0.3) is 0 Å². The molecule has 12 nitrogen and oxygen atoms in total. The first-order valence-electron chi connectivity index (χ1n) is 12.2. The van der Waals surface area contributed by atoms with Crippen LogP contribution in [0.5, 0.6) is 0 Å². The standard InChI is InChI=1S/C9H8ClFN4.C8H6BrFN4S.C8H6F2N4S/c1-5-13-14-9(15(5)12)7-3-2-6(10)4-8(7)11;2*9-4-1-2-6(10)5(3-4)7-12-13-8(15)14(7)11/h2-4H,12H2,1H3;2*1-3H,11H2,(H,13,15). The normalized spacial score (nSPS) is 10.6. The first-order chi connectivity index (χ1) is 21.3. The molecule has 0 fully saturated rings. The van der Waals surface area contributed by atoms with Crippen LogP contribution in [0.25, 0.3) is 34.2 Å². The van der Waals surface area contributed by atoms with Gasteiger partial charge in [0.2, 0.25) is 9.54 Å². The fourth-order valence-corrected chi connectivity index (χ4v) is 4.33. The lowest BCUT2D eigenvalue weighted by Gasteiger charge is -2.03. The third-order valence-corrected chi connectivity index (χ3v) is 7.09. The Bertz CT molecular complexity index is 2000. The molecule has 3 aromatic heterocycles. The van der Waals surface area contributed by atoms with Crippen molar-refractivity contribution in [2.45, 2.75) is 6.92 Å². The lowest BCUT2D eigenvalue weighted by molar-refractivity contribution is 0.601. The molecule has 6 rings (SSSR count). The van der Waals surface area contributed by atoms with Crippen LogP contribution in [-0.4, -0.2) is 44.6 Å². The maximum Gasteiger partial charge on any atom is 0.214 e. The van der Waals surface area contributed by atoms with Crippen molar-refractivity contribution in [3.05, 3.63) is 103 Å². The molecule has 0 saturated heterocycles. The second-order valence-corrected chi connectivity index (χ2v) is 10.9. The lowest BCUT2D eigenvalue weighted by Crippen LogP contribution is -2.12. The molecule has 3 aromatic carbocycles. The highest BCUT2D eigenvalue weighted by Crippen LogP contribution is 2.25. The van der Waals surface area contributed by atoms with Crippen LogP contribution < -0.4 is 17.5 Å². The van der Waals surface area contributed by atoms with Crippen molar-refractivity contribution in [3.8, 4) is 34.2 Å². The Morgan fingerprint density at radius 2 is 1.24 bits per heavy atom. The van der Waals surface area contributed by atoms with E-state index in [1.807, 2.05) is 0 Å². The Balaban J connectivity index is 0.000000154. The van der Waals surface area contributed by atoms with Crippen LogP contribution in [0.15, 0.2) is 59.1 Å². The van der Waals surface area contributed by atoms with Crippen molar-refractivity contribution in [2.75, 3.05) is 17.5 Å². The van der Waals surface area contributed by atoms with Crippen LogP contribution in [-0.2, 0) is 0 Å². The Labute approximate surface area is 274 Å². The topological polar surface area (TPSA) is 176 Å². The predicted octanol–water partition coefficient (Wildman–Crippen LogP) is 5.58. The summed E-state index contributed by atoms with van der Waals surface area (Å²) in [7, 11) is 0. The fourth-order valence-electron chi connectivity index (χ4n) is 3.55. The molecule has 6 aromatic rings. The van der Waals surface area contributed by atoms with Gasteiger partial charge in [0.1, 0.15) is 29.1 Å². The third-order valence-electron chi connectivity index (χ3n) is 5.79. The van der Waals surface area contributed by atoms with Crippen LogP contribution >= 0.6 is 52.0 Å². The average molecular weight is 744 g/mol. The zero-order valence-electron chi connectivity index (χ0n) is 22.6. The van der Waals surface area contributed by atoms with Crippen molar-refractivity contribution in [3.63, 3.8) is 0 Å². The van der Waals surface area contributed by atoms with E-state index in [4.69, 9.17) is 53.6 Å². The summed E-state index contributed by atoms with van der Waals surface area (Å²) in [4.78, 5) is 0. The maximum absolute atomic E-state index is 13.5. The molecule has 8 N–H and O–H groups in total. The van der Waals surface area contributed by atoms with Crippen LogP contribution in [0.3, 0.4) is 0 Å². The summed E-state index contributed by atoms with van der Waals surface area (Å²) in [6.45, 7) is 1.68. The van der Waals surface area contributed by atoms with Crippen LogP contribution in [0.1, 0.15) is 5.82 Å². The number of nitrogens with zero attached hydrogens (tertiary/aromatic N) is 7. The second-order valence-electron chi connectivity index (χ2n) is 8.76. The molecule has 0 radical (unpaired) electrons. The van der Waals surface area contributed by atoms with Gasteiger partial charge in [-0.3, -0.25) is 0 Å². The summed E-state index contributed by atoms with van der Waals surface area (Å²) in [5.41, 5.74) is 0.534. The van der Waals surface area contributed by atoms with E-state index in [0.717, 1.165) is 32.0 Å². The number of aromatic amines is 2. The summed E-state index contributed by atoms with van der Waals surface area (Å²) in [5.74, 6) is 15.8. The summed E-state index contributed by atoms with van der Waals surface area (Å²) in [5, 5.41) is 20.3. The van der Waals surface area contributed by atoms with E-state index < -0.39 is 23.3 Å². The van der Waals surface area contributed by atoms with Gasteiger partial charge < -0.3 is 17.5 Å². The van der Waals surface area contributed by atoms with Crippen LogP contribution in [0.2, 0.25) is 5.02 Å². The van der Waals surface area contributed by atoms with Gasteiger partial charge in [0.15, 0.2) is 17.5 Å². The second kappa shape index (κ2) is 14.0. The van der Waals surface area contributed by atoms with E-state index in [0.29, 0.717) is 16.4 Å². The monoisotopic (exact) mass is 742 g/mol. The number of benzene rings is 3. The first-order valence-corrected chi connectivity index (χ1v) is 14.2. The Morgan fingerprint density at radius 1 is 0.689 bits per heavy atom. The summed E-state index contributed by atoms with van der Waals surface area (Å²) in [6.07, 6.45) is 0. The molecule has 0 aliphatic carbocycles. The minimum atomic E-state index is -0.614. The highest BCUT2D eigenvalue weighted by molar-refractivity contribution is 9.10. The average Bonchev–Trinajstić information content (AvgIpc) is 3.63. The zero-order chi connectivity index (χ0) is 33.0. The summed E-state index contributed by atoms with van der Waals surface area (Å²) >= 11 is 18.5. The molecule has 0 amide bonds.